The van der Waals surface area contributed by atoms with Crippen LogP contribution in [-0.4, -0.2) is 51.8 Å². The highest BCUT2D eigenvalue weighted by Gasteiger charge is 2.02. The Morgan fingerprint density at radius 3 is 2.09 bits per heavy atom. The monoisotopic (exact) mass is 457 g/mol. The van der Waals surface area contributed by atoms with Crippen molar-refractivity contribution in [2.24, 2.45) is 5.73 Å². The maximum atomic E-state index is 11.3. The Bertz CT molecular complexity index is 534. The summed E-state index contributed by atoms with van der Waals surface area (Å²) in [6.07, 6.45) is 3.70. The molecule has 2 amide bonds. The van der Waals surface area contributed by atoms with E-state index in [4.69, 9.17) is 15.2 Å². The Hall–Kier alpha value is -2.38. The van der Waals surface area contributed by atoms with Crippen molar-refractivity contribution >= 4 is 11.8 Å². The van der Waals surface area contributed by atoms with Crippen LogP contribution in [0.1, 0.15) is 73.2 Å². The zero-order valence-corrected chi connectivity index (χ0v) is 21.2. The van der Waals surface area contributed by atoms with Gasteiger partial charge < -0.3 is 25.8 Å². The molecule has 7 heteroatoms. The summed E-state index contributed by atoms with van der Waals surface area (Å²) in [7, 11) is 1.93. The number of rotatable bonds is 10. The quantitative estimate of drug-likeness (QED) is 0.345. The predicted molar refractivity (Wildman–Crippen MR) is 139 cm³/mol. The lowest BCUT2D eigenvalue weighted by molar-refractivity contribution is -0.125. The topological polar surface area (TPSA) is 103 Å². The number of nitrogens with one attached hydrogen (secondary N) is 2. The zero-order chi connectivity index (χ0) is 24.9. The molecule has 1 aromatic rings. The molecule has 0 unspecified atom stereocenters. The van der Waals surface area contributed by atoms with Crippen LogP contribution in [0.3, 0.4) is 0 Å². The Balaban J connectivity index is -0.000000190. The Labute approximate surface area is 198 Å². The highest BCUT2D eigenvalue weighted by molar-refractivity contribution is 5.93. The fourth-order valence-corrected chi connectivity index (χ4v) is 1.46. The number of nitrogens with two attached hydrogens (primary N) is 1. The average molecular weight is 458 g/mol. The van der Waals surface area contributed by atoms with Gasteiger partial charge in [0.05, 0.1) is 6.61 Å². The standard InChI is InChI=1S/C15H20N2O4.C3H9N.3C2H6.CH4/c1-2-3-7-17-14(18)11-20-8-9-21-13-6-4-5-12(10-13)15(16)19;1-3-4-2;3*1-2;/h2-6,10H,7-9,11H2,1H3,(H2,16,19)(H,17,18);4H,3H2,1-2H3;3*1-2H3;1H4/b3-2+;;;;;. The minimum Gasteiger partial charge on any atom is -0.491 e. The van der Waals surface area contributed by atoms with Crippen molar-refractivity contribution in [1.82, 2.24) is 10.6 Å². The summed E-state index contributed by atoms with van der Waals surface area (Å²) in [6.45, 7) is 18.1. The number of hydrogen-bond donors (Lipinski definition) is 3. The molecule has 0 aromatic heterocycles. The first kappa shape index (κ1) is 40.0. The van der Waals surface area contributed by atoms with Crippen molar-refractivity contribution in [2.75, 3.05) is 40.0 Å². The molecule has 0 saturated heterocycles. The number of allylic oxidation sites excluding steroid dienone is 1. The van der Waals surface area contributed by atoms with Gasteiger partial charge in [0, 0.05) is 12.1 Å². The molecule has 1 rings (SSSR count). The van der Waals surface area contributed by atoms with E-state index in [-0.39, 0.29) is 33.2 Å². The van der Waals surface area contributed by atoms with Crippen molar-refractivity contribution in [3.8, 4) is 5.75 Å². The van der Waals surface area contributed by atoms with Crippen LogP contribution < -0.4 is 21.1 Å². The van der Waals surface area contributed by atoms with Gasteiger partial charge in [-0.05, 0) is 38.7 Å². The van der Waals surface area contributed by atoms with Crippen molar-refractivity contribution in [2.45, 2.75) is 62.8 Å². The van der Waals surface area contributed by atoms with Crippen LogP contribution in [0.15, 0.2) is 36.4 Å². The first-order valence-electron chi connectivity index (χ1n) is 11.2. The van der Waals surface area contributed by atoms with Gasteiger partial charge >= 0.3 is 0 Å². The predicted octanol–water partition coefficient (Wildman–Crippen LogP) is 4.81. The van der Waals surface area contributed by atoms with Crippen molar-refractivity contribution in [3.05, 3.63) is 42.0 Å². The molecule has 190 valence electrons. The third-order valence-electron chi connectivity index (χ3n) is 2.85. The van der Waals surface area contributed by atoms with Gasteiger partial charge in [-0.25, -0.2) is 0 Å². The SMILES string of the molecule is C.C/C=C/CNC(=O)COCCOc1cccc(C(N)=O)c1.CC.CC.CC.CCNC. The molecule has 0 radical (unpaired) electrons. The fraction of sp³-hybridized carbons (Fsp3) is 0.600. The molecule has 0 aliphatic rings. The molecule has 0 aliphatic carbocycles. The van der Waals surface area contributed by atoms with Crippen LogP contribution in [-0.2, 0) is 9.53 Å². The summed E-state index contributed by atoms with van der Waals surface area (Å²) in [4.78, 5) is 22.3. The van der Waals surface area contributed by atoms with E-state index < -0.39 is 5.91 Å². The van der Waals surface area contributed by atoms with Gasteiger partial charge in [-0.3, -0.25) is 9.59 Å². The van der Waals surface area contributed by atoms with E-state index in [0.717, 1.165) is 6.54 Å². The van der Waals surface area contributed by atoms with Crippen LogP contribution in [0.5, 0.6) is 5.75 Å². The van der Waals surface area contributed by atoms with Gasteiger partial charge in [0.1, 0.15) is 19.0 Å². The number of amides is 2. The number of primary amides is 1. The molecule has 0 spiro atoms. The van der Waals surface area contributed by atoms with Crippen molar-refractivity contribution in [3.63, 3.8) is 0 Å². The zero-order valence-electron chi connectivity index (χ0n) is 21.2. The molecular formula is C25H51N3O4. The summed E-state index contributed by atoms with van der Waals surface area (Å²) in [5.74, 6) is -0.147. The highest BCUT2D eigenvalue weighted by atomic mass is 16.5. The van der Waals surface area contributed by atoms with Gasteiger partial charge in [0.25, 0.3) is 0 Å². The van der Waals surface area contributed by atoms with Crippen LogP contribution in [0.2, 0.25) is 0 Å². The van der Waals surface area contributed by atoms with Crippen LogP contribution in [0.25, 0.3) is 0 Å². The van der Waals surface area contributed by atoms with Crippen molar-refractivity contribution in [1.29, 1.82) is 0 Å². The van der Waals surface area contributed by atoms with Gasteiger partial charge in [0.2, 0.25) is 11.8 Å². The highest BCUT2D eigenvalue weighted by Crippen LogP contribution is 2.12. The normalized spacial score (nSPS) is 8.41. The number of ether oxygens (including phenoxy) is 2. The van der Waals surface area contributed by atoms with Gasteiger partial charge in [-0.1, -0.05) is 74.1 Å². The van der Waals surface area contributed by atoms with E-state index in [1.807, 2.05) is 67.7 Å². The summed E-state index contributed by atoms with van der Waals surface area (Å²) in [5.41, 5.74) is 5.56. The smallest absolute Gasteiger partial charge is 0.248 e. The third-order valence-corrected chi connectivity index (χ3v) is 2.85. The molecule has 0 bridgehead atoms. The second-order valence-corrected chi connectivity index (χ2v) is 4.87. The Morgan fingerprint density at radius 1 is 1.06 bits per heavy atom. The Kier molecular flexibility index (Phi) is 45.1. The number of hydrogen-bond acceptors (Lipinski definition) is 5. The second-order valence-electron chi connectivity index (χ2n) is 4.87. The number of benzene rings is 1. The lowest BCUT2D eigenvalue weighted by atomic mass is 10.2. The lowest BCUT2D eigenvalue weighted by Crippen LogP contribution is -2.28. The van der Waals surface area contributed by atoms with E-state index in [9.17, 15) is 9.59 Å². The van der Waals surface area contributed by atoms with Gasteiger partial charge in [0.15, 0.2) is 0 Å². The first-order valence-corrected chi connectivity index (χ1v) is 11.2. The number of carbonyl (C=O) groups excluding carboxylic acids is 2. The summed E-state index contributed by atoms with van der Waals surface area (Å²) in [6, 6.07) is 6.58. The minimum atomic E-state index is -0.505. The van der Waals surface area contributed by atoms with E-state index in [2.05, 4.69) is 17.6 Å². The summed E-state index contributed by atoms with van der Waals surface area (Å²) in [5, 5.41) is 5.60. The molecule has 0 aliphatic heterocycles. The van der Waals surface area contributed by atoms with Crippen LogP contribution in [0, 0.1) is 0 Å². The first-order chi connectivity index (χ1) is 15.0. The molecule has 4 N–H and O–H groups in total. The second kappa shape index (κ2) is 36.0. The van der Waals surface area contributed by atoms with Crippen LogP contribution >= 0.6 is 0 Å². The van der Waals surface area contributed by atoms with E-state index in [0.29, 0.717) is 17.9 Å². The van der Waals surface area contributed by atoms with Crippen molar-refractivity contribution < 1.29 is 19.1 Å². The number of carbonyl (C=O) groups is 2. The molecule has 32 heavy (non-hydrogen) atoms. The van der Waals surface area contributed by atoms with Crippen LogP contribution in [0.4, 0.5) is 0 Å². The molecule has 0 atom stereocenters. The average Bonchev–Trinajstić information content (AvgIpc) is 2.83. The van der Waals surface area contributed by atoms with E-state index in [1.54, 1.807) is 24.3 Å². The molecular weight excluding hydrogens is 406 g/mol. The van der Waals surface area contributed by atoms with Gasteiger partial charge in [-0.2, -0.15) is 0 Å². The molecule has 1 aromatic carbocycles. The Morgan fingerprint density at radius 2 is 1.62 bits per heavy atom. The molecule has 7 nitrogen and oxygen atoms in total. The fourth-order valence-electron chi connectivity index (χ4n) is 1.46. The minimum absolute atomic E-state index is 0. The molecule has 0 heterocycles. The lowest BCUT2D eigenvalue weighted by Gasteiger charge is -2.08. The molecule has 0 fully saturated rings. The largest absolute Gasteiger partial charge is 0.491 e. The summed E-state index contributed by atoms with van der Waals surface area (Å²) < 4.78 is 10.6. The molecule has 0 saturated carbocycles. The maximum absolute atomic E-state index is 11.3. The van der Waals surface area contributed by atoms with E-state index in [1.165, 1.54) is 0 Å². The maximum Gasteiger partial charge on any atom is 0.248 e. The summed E-state index contributed by atoms with van der Waals surface area (Å²) >= 11 is 0. The van der Waals surface area contributed by atoms with E-state index >= 15 is 0 Å². The van der Waals surface area contributed by atoms with Gasteiger partial charge in [-0.15, -0.1) is 0 Å². The third kappa shape index (κ3) is 29.8.